The Morgan fingerprint density at radius 2 is 1.91 bits per heavy atom. The maximum Gasteiger partial charge on any atom is 0.416 e. The van der Waals surface area contributed by atoms with Gasteiger partial charge >= 0.3 is 6.18 Å². The van der Waals surface area contributed by atoms with Crippen molar-refractivity contribution in [2.45, 2.75) is 37.5 Å². The summed E-state index contributed by atoms with van der Waals surface area (Å²) >= 11 is 0. The van der Waals surface area contributed by atoms with E-state index >= 15 is 0 Å². The van der Waals surface area contributed by atoms with Gasteiger partial charge < -0.3 is 4.74 Å². The minimum atomic E-state index is -4.37. The van der Waals surface area contributed by atoms with Crippen molar-refractivity contribution in [1.29, 1.82) is 0 Å². The summed E-state index contributed by atoms with van der Waals surface area (Å²) in [4.78, 5) is 14.8. The van der Waals surface area contributed by atoms with Crippen LogP contribution < -0.4 is 0 Å². The number of ether oxygens (including phenoxy) is 1. The van der Waals surface area contributed by atoms with Gasteiger partial charge in [0.2, 0.25) is 0 Å². The molecule has 2 saturated heterocycles. The van der Waals surface area contributed by atoms with Gasteiger partial charge in [0.15, 0.2) is 0 Å². The quantitative estimate of drug-likeness (QED) is 0.855. The topological polar surface area (TPSA) is 29.5 Å². The highest BCUT2D eigenvalue weighted by Gasteiger charge is 2.39. The second-order valence-corrected chi connectivity index (χ2v) is 6.52. The standard InChI is InChI=1S/C17H20F3NO2/c1-21-14-7-12(8-15(21)10-23-9-14)16(22)6-11-3-2-4-13(5-11)17(18,19)20/h2-5,12,14-15H,6-10H2,1H3. The maximum atomic E-state index is 12.8. The Hall–Kier alpha value is -1.40. The predicted molar refractivity (Wildman–Crippen MR) is 79.0 cm³/mol. The lowest BCUT2D eigenvalue weighted by Crippen LogP contribution is -2.55. The summed E-state index contributed by atoms with van der Waals surface area (Å²) in [6.07, 6.45) is -2.85. The molecule has 126 valence electrons. The molecule has 23 heavy (non-hydrogen) atoms. The summed E-state index contributed by atoms with van der Waals surface area (Å²) in [6.45, 7) is 1.25. The molecule has 2 aliphatic heterocycles. The lowest BCUT2D eigenvalue weighted by molar-refractivity contribution is -0.138. The number of fused-ring (bicyclic) bond motifs is 2. The van der Waals surface area contributed by atoms with Crippen molar-refractivity contribution in [3.05, 3.63) is 35.4 Å². The number of carbonyl (C=O) groups excluding carboxylic acids is 1. The monoisotopic (exact) mass is 327 g/mol. The SMILES string of the molecule is CN1C2COCC1CC(C(=O)Cc1cccc(C(F)(F)F)c1)C2. The van der Waals surface area contributed by atoms with Gasteiger partial charge in [-0.3, -0.25) is 9.69 Å². The molecular formula is C17H20F3NO2. The van der Waals surface area contributed by atoms with Gasteiger partial charge in [0.1, 0.15) is 5.78 Å². The molecule has 1 aromatic carbocycles. The number of halogens is 3. The van der Waals surface area contributed by atoms with Crippen LogP contribution in [0.3, 0.4) is 0 Å². The molecule has 0 aromatic heterocycles. The fourth-order valence-corrected chi connectivity index (χ4v) is 3.56. The highest BCUT2D eigenvalue weighted by molar-refractivity contribution is 5.83. The Labute approximate surface area is 133 Å². The molecule has 1 aromatic rings. The molecule has 0 radical (unpaired) electrons. The second-order valence-electron chi connectivity index (χ2n) is 6.52. The van der Waals surface area contributed by atoms with Crippen LogP contribution in [-0.2, 0) is 22.1 Å². The van der Waals surface area contributed by atoms with Gasteiger partial charge in [-0.05, 0) is 31.5 Å². The highest BCUT2D eigenvalue weighted by atomic mass is 19.4. The molecule has 2 atom stereocenters. The molecule has 0 saturated carbocycles. The summed E-state index contributed by atoms with van der Waals surface area (Å²) in [5.74, 6) is -0.0473. The second kappa shape index (κ2) is 6.24. The third kappa shape index (κ3) is 3.58. The van der Waals surface area contributed by atoms with E-state index in [9.17, 15) is 18.0 Å². The fourth-order valence-electron chi connectivity index (χ4n) is 3.56. The third-order valence-electron chi connectivity index (χ3n) is 4.97. The van der Waals surface area contributed by atoms with E-state index in [-0.39, 0.29) is 30.2 Å². The smallest absolute Gasteiger partial charge is 0.378 e. The summed E-state index contributed by atoms with van der Waals surface area (Å²) < 4.78 is 43.8. The Kier molecular flexibility index (Phi) is 4.47. The summed E-state index contributed by atoms with van der Waals surface area (Å²) in [7, 11) is 2.05. The molecule has 2 fully saturated rings. The molecule has 6 heteroatoms. The van der Waals surface area contributed by atoms with Crippen LogP contribution in [0.25, 0.3) is 0 Å². The first-order valence-electron chi connectivity index (χ1n) is 7.83. The van der Waals surface area contributed by atoms with Gasteiger partial charge in [-0.2, -0.15) is 13.2 Å². The first kappa shape index (κ1) is 16.5. The average molecular weight is 327 g/mol. The van der Waals surface area contributed by atoms with Crippen molar-refractivity contribution in [3.8, 4) is 0 Å². The number of ketones is 1. The van der Waals surface area contributed by atoms with Gasteiger partial charge in [-0.25, -0.2) is 0 Å². The molecule has 2 heterocycles. The van der Waals surface area contributed by atoms with E-state index in [0.717, 1.165) is 25.0 Å². The van der Waals surface area contributed by atoms with Crippen LogP contribution in [0.5, 0.6) is 0 Å². The van der Waals surface area contributed by atoms with Crippen LogP contribution in [0, 0.1) is 5.92 Å². The fraction of sp³-hybridized carbons (Fsp3) is 0.588. The first-order valence-corrected chi connectivity index (χ1v) is 7.83. The van der Waals surface area contributed by atoms with Crippen molar-refractivity contribution < 1.29 is 22.7 Å². The van der Waals surface area contributed by atoms with Crippen LogP contribution in [0.2, 0.25) is 0 Å². The number of rotatable bonds is 3. The van der Waals surface area contributed by atoms with E-state index in [1.54, 1.807) is 6.07 Å². The van der Waals surface area contributed by atoms with Crippen LogP contribution in [0.15, 0.2) is 24.3 Å². The number of nitrogens with zero attached hydrogens (tertiary/aromatic N) is 1. The first-order chi connectivity index (χ1) is 10.8. The zero-order chi connectivity index (χ0) is 16.6. The van der Waals surface area contributed by atoms with E-state index in [1.165, 1.54) is 6.07 Å². The zero-order valence-electron chi connectivity index (χ0n) is 13.0. The molecule has 2 bridgehead atoms. The van der Waals surface area contributed by atoms with E-state index < -0.39 is 11.7 Å². The van der Waals surface area contributed by atoms with Crippen LogP contribution in [-0.4, -0.2) is 43.0 Å². The van der Waals surface area contributed by atoms with Crippen LogP contribution >= 0.6 is 0 Å². The van der Waals surface area contributed by atoms with E-state index in [0.29, 0.717) is 18.8 Å². The number of carbonyl (C=O) groups is 1. The molecular weight excluding hydrogens is 307 g/mol. The van der Waals surface area contributed by atoms with Gasteiger partial charge in [-0.15, -0.1) is 0 Å². The van der Waals surface area contributed by atoms with Crippen molar-refractivity contribution >= 4 is 5.78 Å². The van der Waals surface area contributed by atoms with Gasteiger partial charge in [0.05, 0.1) is 18.8 Å². The Balaban J connectivity index is 1.68. The summed E-state index contributed by atoms with van der Waals surface area (Å²) in [6, 6.07) is 5.53. The molecule has 3 nitrogen and oxygen atoms in total. The van der Waals surface area contributed by atoms with Gasteiger partial charge in [0, 0.05) is 24.4 Å². The van der Waals surface area contributed by atoms with E-state index in [2.05, 4.69) is 4.90 Å². The molecule has 0 amide bonds. The van der Waals surface area contributed by atoms with Gasteiger partial charge in [0.25, 0.3) is 0 Å². The largest absolute Gasteiger partial charge is 0.416 e. The average Bonchev–Trinajstić information content (AvgIpc) is 2.46. The third-order valence-corrected chi connectivity index (χ3v) is 4.97. The van der Waals surface area contributed by atoms with Crippen molar-refractivity contribution in [3.63, 3.8) is 0 Å². The van der Waals surface area contributed by atoms with E-state index in [4.69, 9.17) is 4.74 Å². The molecule has 2 aliphatic rings. The summed E-state index contributed by atoms with van der Waals surface area (Å²) in [5, 5.41) is 0. The predicted octanol–water partition coefficient (Wildman–Crippen LogP) is 2.93. The molecule has 3 rings (SSSR count). The molecule has 0 aliphatic carbocycles. The lowest BCUT2D eigenvalue weighted by atomic mass is 9.81. The van der Waals surface area contributed by atoms with Gasteiger partial charge in [-0.1, -0.05) is 18.2 Å². The number of piperidine rings is 1. The van der Waals surface area contributed by atoms with Crippen LogP contribution in [0.4, 0.5) is 13.2 Å². The number of hydrogen-bond donors (Lipinski definition) is 0. The Morgan fingerprint density at radius 1 is 1.26 bits per heavy atom. The Bertz CT molecular complexity index is 573. The molecule has 0 spiro atoms. The zero-order valence-corrected chi connectivity index (χ0v) is 13.0. The normalized spacial score (nSPS) is 28.6. The number of hydrogen-bond acceptors (Lipinski definition) is 3. The summed E-state index contributed by atoms with van der Waals surface area (Å²) in [5.41, 5.74) is -0.262. The number of alkyl halides is 3. The number of morpholine rings is 1. The maximum absolute atomic E-state index is 12.8. The Morgan fingerprint density at radius 3 is 2.52 bits per heavy atom. The van der Waals surface area contributed by atoms with Crippen molar-refractivity contribution in [2.24, 2.45) is 5.92 Å². The minimum Gasteiger partial charge on any atom is -0.378 e. The van der Waals surface area contributed by atoms with Crippen molar-refractivity contribution in [1.82, 2.24) is 4.90 Å². The molecule has 0 N–H and O–H groups in total. The lowest BCUT2D eigenvalue weighted by Gasteiger charge is -2.46. The van der Waals surface area contributed by atoms with E-state index in [1.807, 2.05) is 7.05 Å². The number of Topliss-reactive ketones (excluding diaryl/α,β-unsaturated/α-hetero) is 1. The number of benzene rings is 1. The number of likely N-dealkylation sites (N-methyl/N-ethyl adjacent to an activating group) is 1. The van der Waals surface area contributed by atoms with Crippen molar-refractivity contribution in [2.75, 3.05) is 20.3 Å². The molecule has 2 unspecified atom stereocenters. The highest BCUT2D eigenvalue weighted by Crippen LogP contribution is 2.32. The van der Waals surface area contributed by atoms with Crippen LogP contribution in [0.1, 0.15) is 24.0 Å². The minimum absolute atomic E-state index is 0.0364.